The number of benzene rings is 2. The molecule has 24 heavy (non-hydrogen) atoms. The van der Waals surface area contributed by atoms with Gasteiger partial charge < -0.3 is 14.9 Å². The van der Waals surface area contributed by atoms with Gasteiger partial charge in [-0.3, -0.25) is 4.90 Å². The number of ether oxygens (including phenoxy) is 1. The number of aliphatic hydroxyl groups excluding tert-OH is 1. The van der Waals surface area contributed by atoms with Crippen LogP contribution in [0.4, 0.5) is 0 Å². The van der Waals surface area contributed by atoms with Gasteiger partial charge in [-0.25, -0.2) is 0 Å². The molecule has 0 bridgehead atoms. The van der Waals surface area contributed by atoms with Crippen LogP contribution in [0.15, 0.2) is 42.5 Å². The van der Waals surface area contributed by atoms with Crippen LogP contribution in [0, 0.1) is 0 Å². The lowest BCUT2D eigenvalue weighted by molar-refractivity contribution is 0.141. The fourth-order valence-electron chi connectivity index (χ4n) is 3.57. The van der Waals surface area contributed by atoms with Crippen molar-refractivity contribution in [1.82, 2.24) is 4.90 Å². The molecule has 2 aromatic rings. The number of aryl methyl sites for hydroxylation is 1. The van der Waals surface area contributed by atoms with Crippen LogP contribution in [-0.2, 0) is 13.0 Å². The molecule has 0 saturated heterocycles. The van der Waals surface area contributed by atoms with Crippen LogP contribution in [0.5, 0.6) is 11.5 Å². The third-order valence-corrected chi connectivity index (χ3v) is 4.69. The zero-order chi connectivity index (χ0) is 16.9. The normalized spacial score (nSPS) is 16.4. The van der Waals surface area contributed by atoms with Crippen molar-refractivity contribution in [1.29, 1.82) is 0 Å². The lowest BCUT2D eigenvalue weighted by Crippen LogP contribution is -2.30. The van der Waals surface area contributed by atoms with Crippen LogP contribution in [0.3, 0.4) is 0 Å². The van der Waals surface area contributed by atoms with Gasteiger partial charge >= 0.3 is 0 Å². The van der Waals surface area contributed by atoms with Gasteiger partial charge in [-0.15, -0.1) is 0 Å². The Kier molecular flexibility index (Phi) is 5.38. The van der Waals surface area contributed by atoms with Crippen molar-refractivity contribution in [3.05, 3.63) is 59.2 Å². The van der Waals surface area contributed by atoms with Gasteiger partial charge in [0.15, 0.2) is 11.5 Å². The Morgan fingerprint density at radius 2 is 2.00 bits per heavy atom. The zero-order valence-electron chi connectivity index (χ0n) is 14.1. The van der Waals surface area contributed by atoms with Crippen LogP contribution in [-0.4, -0.2) is 34.9 Å². The summed E-state index contributed by atoms with van der Waals surface area (Å²) >= 11 is 0. The summed E-state index contributed by atoms with van der Waals surface area (Å²) in [6, 6.07) is 14.4. The van der Waals surface area contributed by atoms with Gasteiger partial charge in [0.1, 0.15) is 0 Å². The minimum absolute atomic E-state index is 0.102. The lowest BCUT2D eigenvalue weighted by atomic mass is 10.1. The molecule has 1 aliphatic rings. The molecule has 128 valence electrons. The molecule has 0 aliphatic heterocycles. The predicted octanol–water partition coefficient (Wildman–Crippen LogP) is 3.27. The number of para-hydroxylation sites is 1. The molecular formula is C20H25NO3. The summed E-state index contributed by atoms with van der Waals surface area (Å²) in [5.41, 5.74) is 3.56. The van der Waals surface area contributed by atoms with E-state index >= 15 is 0 Å². The maximum Gasteiger partial charge on any atom is 0.162 e. The Bertz CT molecular complexity index is 686. The lowest BCUT2D eigenvalue weighted by Gasteiger charge is -2.29. The van der Waals surface area contributed by atoms with E-state index in [9.17, 15) is 10.2 Å². The quantitative estimate of drug-likeness (QED) is 0.819. The molecular weight excluding hydrogens is 302 g/mol. The van der Waals surface area contributed by atoms with E-state index < -0.39 is 0 Å². The van der Waals surface area contributed by atoms with Crippen LogP contribution < -0.4 is 4.74 Å². The Labute approximate surface area is 143 Å². The highest BCUT2D eigenvalue weighted by atomic mass is 16.5. The van der Waals surface area contributed by atoms with E-state index in [4.69, 9.17) is 4.74 Å². The Balaban J connectivity index is 1.84. The van der Waals surface area contributed by atoms with Crippen molar-refractivity contribution < 1.29 is 14.9 Å². The highest BCUT2D eigenvalue weighted by Gasteiger charge is 2.28. The summed E-state index contributed by atoms with van der Waals surface area (Å²) in [5.74, 6) is 0.722. The number of phenols is 1. The summed E-state index contributed by atoms with van der Waals surface area (Å²) in [5, 5.41) is 20.0. The molecule has 1 unspecified atom stereocenters. The van der Waals surface area contributed by atoms with Gasteiger partial charge in [-0.05, 0) is 37.0 Å². The van der Waals surface area contributed by atoms with E-state index in [2.05, 4.69) is 29.2 Å². The fraction of sp³-hybridized carbons (Fsp3) is 0.400. The van der Waals surface area contributed by atoms with Crippen molar-refractivity contribution in [3.63, 3.8) is 0 Å². The predicted molar refractivity (Wildman–Crippen MR) is 94.3 cm³/mol. The summed E-state index contributed by atoms with van der Waals surface area (Å²) in [7, 11) is 0. The van der Waals surface area contributed by atoms with E-state index in [1.54, 1.807) is 6.07 Å². The second kappa shape index (κ2) is 7.69. The minimum Gasteiger partial charge on any atom is -0.504 e. The largest absolute Gasteiger partial charge is 0.504 e. The first kappa shape index (κ1) is 16.8. The summed E-state index contributed by atoms with van der Waals surface area (Å²) in [4.78, 5) is 2.25. The first-order valence-electron chi connectivity index (χ1n) is 8.61. The summed E-state index contributed by atoms with van der Waals surface area (Å²) in [6.07, 6.45) is 2.11. The van der Waals surface area contributed by atoms with Crippen molar-refractivity contribution in [3.8, 4) is 11.5 Å². The fourth-order valence-corrected chi connectivity index (χ4v) is 3.57. The molecule has 3 rings (SSSR count). The van der Waals surface area contributed by atoms with E-state index in [0.29, 0.717) is 25.4 Å². The number of aliphatic hydroxyl groups is 1. The third-order valence-electron chi connectivity index (χ3n) is 4.69. The molecule has 0 spiro atoms. The number of hydrogen-bond acceptors (Lipinski definition) is 4. The molecule has 0 saturated carbocycles. The Hall–Kier alpha value is -2.04. The Morgan fingerprint density at radius 3 is 2.79 bits per heavy atom. The first-order chi connectivity index (χ1) is 11.7. The summed E-state index contributed by atoms with van der Waals surface area (Å²) < 4.78 is 5.48. The second-order valence-electron chi connectivity index (χ2n) is 6.14. The maximum absolute atomic E-state index is 10.5. The van der Waals surface area contributed by atoms with Gasteiger partial charge in [0.2, 0.25) is 0 Å². The van der Waals surface area contributed by atoms with Crippen molar-refractivity contribution in [2.24, 2.45) is 0 Å². The van der Waals surface area contributed by atoms with Crippen molar-refractivity contribution in [2.75, 3.05) is 19.8 Å². The highest BCUT2D eigenvalue weighted by molar-refractivity contribution is 5.45. The van der Waals surface area contributed by atoms with Gasteiger partial charge in [0.25, 0.3) is 0 Å². The zero-order valence-corrected chi connectivity index (χ0v) is 14.1. The van der Waals surface area contributed by atoms with Crippen LogP contribution in [0.25, 0.3) is 0 Å². The smallest absolute Gasteiger partial charge is 0.162 e. The molecule has 0 heterocycles. The molecule has 2 aromatic carbocycles. The highest BCUT2D eigenvalue weighted by Crippen LogP contribution is 2.38. The number of fused-ring (bicyclic) bond motifs is 1. The maximum atomic E-state index is 10.5. The molecule has 0 radical (unpaired) electrons. The van der Waals surface area contributed by atoms with Crippen LogP contribution in [0.2, 0.25) is 0 Å². The van der Waals surface area contributed by atoms with E-state index in [1.807, 2.05) is 19.1 Å². The topological polar surface area (TPSA) is 52.9 Å². The first-order valence-corrected chi connectivity index (χ1v) is 8.61. The number of phenolic OH excluding ortho intramolecular Hbond substituents is 1. The Morgan fingerprint density at radius 1 is 1.17 bits per heavy atom. The number of aromatic hydroxyl groups is 1. The molecule has 4 heteroatoms. The standard InChI is InChI=1S/C20H25NO3/c1-2-24-19-9-5-7-16(20(19)23)14-21(12-13-22)18-11-10-15-6-3-4-8-17(15)18/h3-9,18,22-23H,2,10-14H2,1H3. The van der Waals surface area contributed by atoms with Gasteiger partial charge in [-0.1, -0.05) is 36.4 Å². The molecule has 0 fully saturated rings. The van der Waals surface area contributed by atoms with Crippen LogP contribution in [0.1, 0.15) is 36.1 Å². The summed E-state index contributed by atoms with van der Waals surface area (Å²) in [6.45, 7) is 3.70. The van der Waals surface area contributed by atoms with E-state index in [0.717, 1.165) is 18.4 Å². The van der Waals surface area contributed by atoms with Crippen molar-refractivity contribution >= 4 is 0 Å². The molecule has 2 N–H and O–H groups in total. The van der Waals surface area contributed by atoms with Gasteiger partial charge in [0.05, 0.1) is 13.2 Å². The van der Waals surface area contributed by atoms with Gasteiger partial charge in [0, 0.05) is 24.7 Å². The number of hydrogen-bond donors (Lipinski definition) is 2. The van der Waals surface area contributed by atoms with Gasteiger partial charge in [-0.2, -0.15) is 0 Å². The van der Waals surface area contributed by atoms with Crippen molar-refractivity contribution in [2.45, 2.75) is 32.4 Å². The second-order valence-corrected chi connectivity index (χ2v) is 6.14. The molecule has 1 aliphatic carbocycles. The van der Waals surface area contributed by atoms with E-state index in [1.165, 1.54) is 11.1 Å². The average molecular weight is 327 g/mol. The average Bonchev–Trinajstić information content (AvgIpc) is 3.02. The van der Waals surface area contributed by atoms with Crippen LogP contribution >= 0.6 is 0 Å². The third kappa shape index (κ3) is 3.40. The molecule has 4 nitrogen and oxygen atoms in total. The van der Waals surface area contributed by atoms with E-state index in [-0.39, 0.29) is 18.4 Å². The molecule has 0 aromatic heterocycles. The SMILES string of the molecule is CCOc1cccc(CN(CCO)C2CCc3ccccc32)c1O. The molecule has 0 amide bonds. The number of rotatable bonds is 7. The minimum atomic E-state index is 0.102. The monoisotopic (exact) mass is 327 g/mol. The molecule has 1 atom stereocenters. The number of nitrogens with zero attached hydrogens (tertiary/aromatic N) is 1.